The average molecular weight is 269 g/mol. The van der Waals surface area contributed by atoms with Crippen molar-refractivity contribution < 1.29 is 13.2 Å². The third-order valence-electron chi connectivity index (χ3n) is 3.04. The normalized spacial score (nSPS) is 23.3. The Morgan fingerprint density at radius 3 is 2.72 bits per heavy atom. The maximum atomic E-state index is 11.8. The summed E-state index contributed by atoms with van der Waals surface area (Å²) in [5.74, 6) is 1.28. The molecular formula is C13H19NO3S. The van der Waals surface area contributed by atoms with Crippen molar-refractivity contribution in [2.75, 3.05) is 24.7 Å². The molecule has 1 saturated heterocycles. The van der Waals surface area contributed by atoms with E-state index in [9.17, 15) is 8.42 Å². The Labute approximate surface area is 108 Å². The van der Waals surface area contributed by atoms with Gasteiger partial charge in [-0.3, -0.25) is 0 Å². The van der Waals surface area contributed by atoms with Gasteiger partial charge in [0.15, 0.2) is 9.84 Å². The van der Waals surface area contributed by atoms with Crippen molar-refractivity contribution in [3.05, 3.63) is 29.8 Å². The SMILES string of the molecule is CCOc1ccc(C2CS(=O)(=O)CCCN2)cc1. The first-order chi connectivity index (χ1) is 8.61. The van der Waals surface area contributed by atoms with E-state index < -0.39 is 9.84 Å². The van der Waals surface area contributed by atoms with Gasteiger partial charge in [0.1, 0.15) is 5.75 Å². The van der Waals surface area contributed by atoms with Gasteiger partial charge in [-0.05, 0) is 37.6 Å². The maximum Gasteiger partial charge on any atom is 0.152 e. The molecule has 2 rings (SSSR count). The van der Waals surface area contributed by atoms with Gasteiger partial charge in [-0.2, -0.15) is 0 Å². The fraction of sp³-hybridized carbons (Fsp3) is 0.538. The molecule has 1 aromatic rings. The number of hydrogen-bond acceptors (Lipinski definition) is 4. The molecule has 5 heteroatoms. The number of hydrogen-bond donors (Lipinski definition) is 1. The molecule has 0 bridgehead atoms. The van der Waals surface area contributed by atoms with Gasteiger partial charge in [0, 0.05) is 6.04 Å². The lowest BCUT2D eigenvalue weighted by Gasteiger charge is -2.16. The zero-order valence-electron chi connectivity index (χ0n) is 10.6. The molecule has 0 spiro atoms. The molecule has 1 N–H and O–H groups in total. The fourth-order valence-corrected chi connectivity index (χ4v) is 3.71. The van der Waals surface area contributed by atoms with Crippen molar-refractivity contribution in [3.8, 4) is 5.75 Å². The number of benzene rings is 1. The van der Waals surface area contributed by atoms with Crippen LogP contribution in [-0.4, -0.2) is 33.1 Å². The molecule has 0 aromatic heterocycles. The number of nitrogens with one attached hydrogen (secondary N) is 1. The highest BCUT2D eigenvalue weighted by Gasteiger charge is 2.23. The largest absolute Gasteiger partial charge is 0.494 e. The topological polar surface area (TPSA) is 55.4 Å². The standard InChI is InChI=1S/C13H19NO3S/c1-2-17-12-6-4-11(5-7-12)13-10-18(15,16)9-3-8-14-13/h4-7,13-14H,2-3,8-10H2,1H3. The number of sulfone groups is 1. The van der Waals surface area contributed by atoms with Crippen LogP contribution in [0.2, 0.25) is 0 Å². The van der Waals surface area contributed by atoms with Crippen molar-refractivity contribution in [1.82, 2.24) is 5.32 Å². The Balaban J connectivity index is 2.14. The Hall–Kier alpha value is -1.07. The molecule has 1 unspecified atom stereocenters. The molecule has 1 aliphatic heterocycles. The van der Waals surface area contributed by atoms with Gasteiger partial charge in [0.25, 0.3) is 0 Å². The summed E-state index contributed by atoms with van der Waals surface area (Å²) in [6, 6.07) is 7.54. The second-order valence-corrected chi connectivity index (χ2v) is 6.71. The van der Waals surface area contributed by atoms with Gasteiger partial charge in [-0.15, -0.1) is 0 Å². The highest BCUT2D eigenvalue weighted by molar-refractivity contribution is 7.91. The number of rotatable bonds is 3. The molecule has 1 aliphatic rings. The predicted molar refractivity (Wildman–Crippen MR) is 71.6 cm³/mol. The summed E-state index contributed by atoms with van der Waals surface area (Å²) in [5.41, 5.74) is 1.00. The third-order valence-corrected chi connectivity index (χ3v) is 4.79. The quantitative estimate of drug-likeness (QED) is 0.904. The van der Waals surface area contributed by atoms with Crippen molar-refractivity contribution in [2.45, 2.75) is 19.4 Å². The van der Waals surface area contributed by atoms with Crippen LogP contribution in [0.25, 0.3) is 0 Å². The molecule has 4 nitrogen and oxygen atoms in total. The first-order valence-electron chi connectivity index (χ1n) is 6.27. The molecular weight excluding hydrogens is 250 g/mol. The van der Waals surface area contributed by atoms with E-state index in [4.69, 9.17) is 4.74 Å². The molecule has 0 saturated carbocycles. The summed E-state index contributed by atoms with van der Waals surface area (Å²) >= 11 is 0. The van der Waals surface area contributed by atoms with Gasteiger partial charge in [0.05, 0.1) is 18.1 Å². The van der Waals surface area contributed by atoms with Crippen LogP contribution >= 0.6 is 0 Å². The van der Waals surface area contributed by atoms with Crippen LogP contribution in [0.5, 0.6) is 5.75 Å². The Morgan fingerprint density at radius 1 is 1.33 bits per heavy atom. The second-order valence-electron chi connectivity index (χ2n) is 4.48. The molecule has 0 amide bonds. The van der Waals surface area contributed by atoms with Crippen LogP contribution < -0.4 is 10.1 Å². The van der Waals surface area contributed by atoms with E-state index in [0.29, 0.717) is 13.0 Å². The zero-order chi connectivity index (χ0) is 13.0. The van der Waals surface area contributed by atoms with Crippen molar-refractivity contribution in [3.63, 3.8) is 0 Å². The van der Waals surface area contributed by atoms with Gasteiger partial charge in [0.2, 0.25) is 0 Å². The maximum absolute atomic E-state index is 11.8. The first-order valence-corrected chi connectivity index (χ1v) is 8.09. The smallest absolute Gasteiger partial charge is 0.152 e. The lowest BCUT2D eigenvalue weighted by atomic mass is 10.1. The minimum absolute atomic E-state index is 0.104. The van der Waals surface area contributed by atoms with Crippen LogP contribution in [0.4, 0.5) is 0 Å². The molecule has 18 heavy (non-hydrogen) atoms. The molecule has 100 valence electrons. The van der Waals surface area contributed by atoms with E-state index in [0.717, 1.165) is 17.9 Å². The van der Waals surface area contributed by atoms with E-state index in [1.165, 1.54) is 0 Å². The Kier molecular flexibility index (Phi) is 4.24. The highest BCUT2D eigenvalue weighted by Crippen LogP contribution is 2.21. The van der Waals surface area contributed by atoms with Crippen molar-refractivity contribution in [1.29, 1.82) is 0 Å². The summed E-state index contributed by atoms with van der Waals surface area (Å²) in [4.78, 5) is 0. The van der Waals surface area contributed by atoms with Crippen LogP contribution in [0, 0.1) is 0 Å². The van der Waals surface area contributed by atoms with Crippen LogP contribution in [0.1, 0.15) is 24.9 Å². The van der Waals surface area contributed by atoms with E-state index >= 15 is 0 Å². The summed E-state index contributed by atoms with van der Waals surface area (Å²) in [6.45, 7) is 3.32. The minimum Gasteiger partial charge on any atom is -0.494 e. The fourth-order valence-electron chi connectivity index (χ4n) is 2.14. The van der Waals surface area contributed by atoms with E-state index in [2.05, 4.69) is 5.32 Å². The molecule has 1 heterocycles. The molecule has 1 atom stereocenters. The van der Waals surface area contributed by atoms with Gasteiger partial charge in [-0.25, -0.2) is 8.42 Å². The summed E-state index contributed by atoms with van der Waals surface area (Å²) < 4.78 is 28.9. The van der Waals surface area contributed by atoms with E-state index in [-0.39, 0.29) is 17.5 Å². The third kappa shape index (κ3) is 3.46. The van der Waals surface area contributed by atoms with E-state index in [1.54, 1.807) is 0 Å². The molecule has 1 aromatic carbocycles. The summed E-state index contributed by atoms with van der Waals surface area (Å²) in [6.07, 6.45) is 0.690. The molecule has 0 aliphatic carbocycles. The predicted octanol–water partition coefficient (Wildman–Crippen LogP) is 1.53. The monoisotopic (exact) mass is 269 g/mol. The van der Waals surface area contributed by atoms with Crippen molar-refractivity contribution >= 4 is 9.84 Å². The first kappa shape index (κ1) is 13.4. The van der Waals surface area contributed by atoms with Crippen LogP contribution in [0.3, 0.4) is 0 Å². The summed E-state index contributed by atoms with van der Waals surface area (Å²) in [5, 5.41) is 3.28. The molecule has 1 fully saturated rings. The average Bonchev–Trinajstić information content (AvgIpc) is 2.52. The van der Waals surface area contributed by atoms with Gasteiger partial charge in [-0.1, -0.05) is 12.1 Å². The number of ether oxygens (including phenoxy) is 1. The Morgan fingerprint density at radius 2 is 2.06 bits per heavy atom. The zero-order valence-corrected chi connectivity index (χ0v) is 11.4. The van der Waals surface area contributed by atoms with Crippen LogP contribution in [0.15, 0.2) is 24.3 Å². The van der Waals surface area contributed by atoms with Crippen molar-refractivity contribution in [2.24, 2.45) is 0 Å². The lowest BCUT2D eigenvalue weighted by molar-refractivity contribution is 0.340. The van der Waals surface area contributed by atoms with E-state index in [1.807, 2.05) is 31.2 Å². The minimum atomic E-state index is -2.93. The van der Waals surface area contributed by atoms with Crippen LogP contribution in [-0.2, 0) is 9.84 Å². The highest BCUT2D eigenvalue weighted by atomic mass is 32.2. The lowest BCUT2D eigenvalue weighted by Crippen LogP contribution is -2.25. The van der Waals surface area contributed by atoms with Gasteiger partial charge >= 0.3 is 0 Å². The Bertz CT molecular complexity index is 481. The summed E-state index contributed by atoms with van der Waals surface area (Å²) in [7, 11) is -2.93. The molecule has 0 radical (unpaired) electrons. The second kappa shape index (κ2) is 5.71. The van der Waals surface area contributed by atoms with Gasteiger partial charge < -0.3 is 10.1 Å².